The van der Waals surface area contributed by atoms with E-state index in [2.05, 4.69) is 20.4 Å². The summed E-state index contributed by atoms with van der Waals surface area (Å²) in [6, 6.07) is 0. The Labute approximate surface area is 105 Å². The second kappa shape index (κ2) is 4.56. The average Bonchev–Trinajstić information content (AvgIpc) is 2.14. The van der Waals surface area contributed by atoms with E-state index in [4.69, 9.17) is 0 Å². The van der Waals surface area contributed by atoms with Gasteiger partial charge in [0.05, 0.1) is 11.5 Å². The van der Waals surface area contributed by atoms with Gasteiger partial charge in [-0.15, -0.1) is 6.58 Å². The van der Waals surface area contributed by atoms with Crippen LogP contribution in [0.1, 0.15) is 47.5 Å². The molecule has 0 aromatic heterocycles. The molecule has 1 N–H and O–H groups in total. The highest BCUT2D eigenvalue weighted by Crippen LogP contribution is 2.48. The van der Waals surface area contributed by atoms with E-state index in [0.29, 0.717) is 5.92 Å². The summed E-state index contributed by atoms with van der Waals surface area (Å²) in [6.07, 6.45) is 3.69. The largest absolute Gasteiger partial charge is 0.390 e. The molecule has 0 heterocycles. The minimum Gasteiger partial charge on any atom is -0.390 e. The fraction of sp³-hybridized carbons (Fsp3) is 0.800. The standard InChI is InChI=1S/C15H26O2/c1-7-15(6)9-8-11(10(2)3)12(16)13(15)14(4,5)17/h7,10-11,13,17H,1,8-9H2,2-6H3. The molecule has 1 aliphatic carbocycles. The van der Waals surface area contributed by atoms with Crippen LogP contribution in [0.5, 0.6) is 0 Å². The lowest BCUT2D eigenvalue weighted by molar-refractivity contribution is -0.148. The first-order valence-electron chi connectivity index (χ1n) is 6.53. The molecule has 0 aliphatic heterocycles. The van der Waals surface area contributed by atoms with Crippen molar-refractivity contribution in [3.05, 3.63) is 12.7 Å². The monoisotopic (exact) mass is 238 g/mol. The fourth-order valence-corrected chi connectivity index (χ4v) is 3.33. The molecule has 0 amide bonds. The summed E-state index contributed by atoms with van der Waals surface area (Å²) in [6.45, 7) is 13.5. The molecule has 0 aromatic carbocycles. The van der Waals surface area contributed by atoms with Crippen molar-refractivity contribution in [1.82, 2.24) is 0 Å². The van der Waals surface area contributed by atoms with E-state index in [1.165, 1.54) is 0 Å². The van der Waals surface area contributed by atoms with Crippen molar-refractivity contribution < 1.29 is 9.90 Å². The van der Waals surface area contributed by atoms with Crippen LogP contribution in [0.4, 0.5) is 0 Å². The lowest BCUT2D eigenvalue weighted by Gasteiger charge is -2.47. The number of rotatable bonds is 3. The number of Topliss-reactive ketones (excluding diaryl/α,β-unsaturated/α-hetero) is 1. The SMILES string of the molecule is C=CC1(C)CCC(C(C)C)C(=O)C1C(C)(C)O. The summed E-state index contributed by atoms with van der Waals surface area (Å²) < 4.78 is 0. The van der Waals surface area contributed by atoms with Gasteiger partial charge in [0.15, 0.2) is 0 Å². The molecule has 2 nitrogen and oxygen atoms in total. The molecular formula is C15H26O2. The maximum absolute atomic E-state index is 12.6. The van der Waals surface area contributed by atoms with E-state index in [1.54, 1.807) is 13.8 Å². The van der Waals surface area contributed by atoms with E-state index in [-0.39, 0.29) is 23.0 Å². The molecule has 0 radical (unpaired) electrons. The first kappa shape index (κ1) is 14.4. The summed E-state index contributed by atoms with van der Waals surface area (Å²) >= 11 is 0. The number of allylic oxidation sites excluding steroid dienone is 1. The lowest BCUT2D eigenvalue weighted by Crippen LogP contribution is -2.52. The van der Waals surface area contributed by atoms with Gasteiger partial charge in [0.1, 0.15) is 5.78 Å². The van der Waals surface area contributed by atoms with Gasteiger partial charge in [0.25, 0.3) is 0 Å². The van der Waals surface area contributed by atoms with Crippen LogP contribution in [0.25, 0.3) is 0 Å². The Morgan fingerprint density at radius 2 is 2.06 bits per heavy atom. The van der Waals surface area contributed by atoms with Crippen molar-refractivity contribution in [3.8, 4) is 0 Å². The van der Waals surface area contributed by atoms with Crippen LogP contribution in [0.3, 0.4) is 0 Å². The highest BCUT2D eigenvalue weighted by Gasteiger charge is 2.51. The predicted molar refractivity (Wildman–Crippen MR) is 70.7 cm³/mol. The number of carbonyl (C=O) groups excluding carboxylic acids is 1. The minimum absolute atomic E-state index is 0.0828. The molecule has 1 rings (SSSR count). The topological polar surface area (TPSA) is 37.3 Å². The van der Waals surface area contributed by atoms with Crippen LogP contribution in [-0.2, 0) is 4.79 Å². The number of hydrogen-bond donors (Lipinski definition) is 1. The van der Waals surface area contributed by atoms with E-state index < -0.39 is 5.60 Å². The fourth-order valence-electron chi connectivity index (χ4n) is 3.33. The smallest absolute Gasteiger partial charge is 0.143 e. The third-order valence-electron chi connectivity index (χ3n) is 4.28. The second-order valence-electron chi connectivity index (χ2n) is 6.59. The lowest BCUT2D eigenvalue weighted by atomic mass is 9.57. The van der Waals surface area contributed by atoms with Crippen molar-refractivity contribution in [2.45, 2.75) is 53.1 Å². The van der Waals surface area contributed by atoms with E-state index in [0.717, 1.165) is 12.8 Å². The summed E-state index contributed by atoms with van der Waals surface area (Å²) in [7, 11) is 0. The molecule has 0 bridgehead atoms. The van der Waals surface area contributed by atoms with E-state index in [1.807, 2.05) is 13.0 Å². The molecule has 1 fully saturated rings. The first-order chi connectivity index (χ1) is 7.63. The molecule has 1 saturated carbocycles. The summed E-state index contributed by atoms with van der Waals surface area (Å²) in [5.41, 5.74) is -1.26. The van der Waals surface area contributed by atoms with Crippen LogP contribution >= 0.6 is 0 Å². The Bertz CT molecular complexity index is 311. The Kier molecular flexibility index (Phi) is 3.87. The summed E-state index contributed by atoms with van der Waals surface area (Å²) in [4.78, 5) is 12.6. The minimum atomic E-state index is -0.979. The highest BCUT2D eigenvalue weighted by molar-refractivity contribution is 5.86. The van der Waals surface area contributed by atoms with E-state index >= 15 is 0 Å². The van der Waals surface area contributed by atoms with Crippen molar-refractivity contribution in [2.75, 3.05) is 0 Å². The van der Waals surface area contributed by atoms with Crippen LogP contribution < -0.4 is 0 Å². The average molecular weight is 238 g/mol. The molecule has 1 aliphatic rings. The molecule has 0 spiro atoms. The summed E-state index contributed by atoms with van der Waals surface area (Å²) in [5.74, 6) is 0.302. The molecule has 2 heteroatoms. The highest BCUT2D eigenvalue weighted by atomic mass is 16.3. The Morgan fingerprint density at radius 1 is 1.53 bits per heavy atom. The molecule has 3 atom stereocenters. The van der Waals surface area contributed by atoms with Gasteiger partial charge < -0.3 is 5.11 Å². The van der Waals surface area contributed by atoms with Gasteiger partial charge in [-0.1, -0.05) is 26.8 Å². The maximum Gasteiger partial charge on any atom is 0.143 e. The third kappa shape index (κ3) is 2.62. The van der Waals surface area contributed by atoms with Crippen LogP contribution in [-0.4, -0.2) is 16.5 Å². The van der Waals surface area contributed by atoms with Gasteiger partial charge in [-0.25, -0.2) is 0 Å². The number of carbonyl (C=O) groups is 1. The normalized spacial score (nSPS) is 35.1. The van der Waals surface area contributed by atoms with Crippen LogP contribution in [0.2, 0.25) is 0 Å². The van der Waals surface area contributed by atoms with Gasteiger partial charge in [0.2, 0.25) is 0 Å². The molecule has 17 heavy (non-hydrogen) atoms. The molecule has 3 unspecified atom stereocenters. The third-order valence-corrected chi connectivity index (χ3v) is 4.28. The number of ketones is 1. The molecule has 98 valence electrons. The van der Waals surface area contributed by atoms with Crippen molar-refractivity contribution in [2.24, 2.45) is 23.2 Å². The van der Waals surface area contributed by atoms with Crippen molar-refractivity contribution >= 4 is 5.78 Å². The molecule has 0 aromatic rings. The first-order valence-corrected chi connectivity index (χ1v) is 6.53. The number of aliphatic hydroxyl groups is 1. The van der Waals surface area contributed by atoms with Crippen molar-refractivity contribution in [3.63, 3.8) is 0 Å². The molecular weight excluding hydrogens is 212 g/mol. The maximum atomic E-state index is 12.6. The van der Waals surface area contributed by atoms with Crippen molar-refractivity contribution in [1.29, 1.82) is 0 Å². The zero-order valence-electron chi connectivity index (χ0n) is 11.8. The van der Waals surface area contributed by atoms with Crippen LogP contribution in [0.15, 0.2) is 12.7 Å². The van der Waals surface area contributed by atoms with Gasteiger partial charge in [-0.2, -0.15) is 0 Å². The Balaban J connectivity index is 3.13. The molecule has 0 saturated heterocycles. The van der Waals surface area contributed by atoms with Gasteiger partial charge in [0, 0.05) is 5.92 Å². The second-order valence-corrected chi connectivity index (χ2v) is 6.59. The zero-order chi connectivity index (χ0) is 13.4. The van der Waals surface area contributed by atoms with Gasteiger partial charge >= 0.3 is 0 Å². The Morgan fingerprint density at radius 3 is 2.41 bits per heavy atom. The van der Waals surface area contributed by atoms with Gasteiger partial charge in [-0.3, -0.25) is 4.79 Å². The number of hydrogen-bond acceptors (Lipinski definition) is 2. The quantitative estimate of drug-likeness (QED) is 0.767. The van der Waals surface area contributed by atoms with Gasteiger partial charge in [-0.05, 0) is 38.0 Å². The summed E-state index contributed by atoms with van der Waals surface area (Å²) in [5, 5.41) is 10.3. The van der Waals surface area contributed by atoms with E-state index in [9.17, 15) is 9.90 Å². The Hall–Kier alpha value is -0.630. The van der Waals surface area contributed by atoms with Crippen LogP contribution in [0, 0.1) is 23.2 Å². The predicted octanol–water partition coefficient (Wildman–Crippen LogP) is 3.20. The zero-order valence-corrected chi connectivity index (χ0v) is 11.8.